The second-order valence-corrected chi connectivity index (χ2v) is 7.01. The average Bonchev–Trinajstić information content (AvgIpc) is 3.16. The Labute approximate surface area is 160 Å². The molecule has 0 bridgehead atoms. The summed E-state index contributed by atoms with van der Waals surface area (Å²) in [5.74, 6) is 0.446. The van der Waals surface area contributed by atoms with Crippen LogP contribution in [-0.2, 0) is 0 Å². The molecule has 1 heterocycles. The van der Waals surface area contributed by atoms with E-state index >= 15 is 0 Å². The summed E-state index contributed by atoms with van der Waals surface area (Å²) in [7, 11) is 1.59. The molecule has 25 heavy (non-hydrogen) atoms. The first-order valence-electron chi connectivity index (χ1n) is 8.13. The first kappa shape index (κ1) is 17.7. The molecular weight excluding hydrogens is 431 g/mol. The third-order valence-electron chi connectivity index (χ3n) is 4.21. The smallest absolute Gasteiger partial charge is 0.255 e. The molecule has 6 heteroatoms. The fourth-order valence-corrected chi connectivity index (χ4v) is 3.61. The van der Waals surface area contributed by atoms with E-state index in [4.69, 9.17) is 4.74 Å². The molecule has 0 aromatic heterocycles. The van der Waals surface area contributed by atoms with Crippen molar-refractivity contribution in [2.45, 2.75) is 12.8 Å². The van der Waals surface area contributed by atoms with Crippen LogP contribution in [0.25, 0.3) is 0 Å². The Kier molecular flexibility index (Phi) is 5.57. The number of ether oxygens (including phenoxy) is 1. The molecule has 0 saturated carbocycles. The minimum absolute atomic E-state index is 0.0299. The Hall–Kier alpha value is -2.09. The zero-order valence-corrected chi connectivity index (χ0v) is 16.1. The summed E-state index contributed by atoms with van der Waals surface area (Å²) in [5, 5.41) is 2.87. The Balaban J connectivity index is 1.82. The van der Waals surface area contributed by atoms with E-state index < -0.39 is 0 Å². The van der Waals surface area contributed by atoms with Crippen LogP contribution in [0.2, 0.25) is 0 Å². The van der Waals surface area contributed by atoms with Gasteiger partial charge in [0.05, 0.1) is 21.9 Å². The molecule has 0 atom stereocenters. The maximum atomic E-state index is 12.7. The summed E-state index contributed by atoms with van der Waals surface area (Å²) >= 11 is 2.13. The van der Waals surface area contributed by atoms with Crippen LogP contribution in [-0.4, -0.2) is 36.9 Å². The lowest BCUT2D eigenvalue weighted by molar-refractivity contribution is 0.0794. The number of hydrogen-bond acceptors (Lipinski definition) is 3. The van der Waals surface area contributed by atoms with Crippen LogP contribution in [0, 0.1) is 3.57 Å². The molecule has 0 aliphatic carbocycles. The van der Waals surface area contributed by atoms with Gasteiger partial charge in [0.25, 0.3) is 11.8 Å². The maximum absolute atomic E-state index is 12.7. The molecule has 1 aliphatic rings. The number of anilines is 1. The number of amides is 2. The van der Waals surface area contributed by atoms with Gasteiger partial charge in [-0.15, -0.1) is 0 Å². The summed E-state index contributed by atoms with van der Waals surface area (Å²) in [6.45, 7) is 1.55. The quantitative estimate of drug-likeness (QED) is 0.722. The number of carbonyl (C=O) groups is 2. The predicted molar refractivity (Wildman–Crippen MR) is 105 cm³/mol. The van der Waals surface area contributed by atoms with E-state index in [1.54, 1.807) is 37.4 Å². The van der Waals surface area contributed by atoms with E-state index in [1.165, 1.54) is 0 Å². The standard InChI is InChI=1S/C19H19IN2O3/c1-25-17-9-8-13(12-15(17)20)18(23)21-16-7-3-2-6-14(16)19(24)22-10-4-5-11-22/h2-3,6-9,12H,4-5,10-11H2,1H3,(H,21,23). The number of benzene rings is 2. The van der Waals surface area contributed by atoms with Crippen LogP contribution in [0.15, 0.2) is 42.5 Å². The van der Waals surface area contributed by atoms with E-state index in [1.807, 2.05) is 17.0 Å². The number of methoxy groups -OCH3 is 1. The van der Waals surface area contributed by atoms with E-state index in [-0.39, 0.29) is 11.8 Å². The number of carbonyl (C=O) groups excluding carboxylic acids is 2. The Morgan fingerprint density at radius 2 is 1.84 bits per heavy atom. The number of rotatable bonds is 4. The number of hydrogen-bond donors (Lipinski definition) is 1. The maximum Gasteiger partial charge on any atom is 0.255 e. The number of nitrogens with zero attached hydrogens (tertiary/aromatic N) is 1. The van der Waals surface area contributed by atoms with Gasteiger partial charge in [0.1, 0.15) is 5.75 Å². The highest BCUT2D eigenvalue weighted by molar-refractivity contribution is 14.1. The lowest BCUT2D eigenvalue weighted by Crippen LogP contribution is -2.28. The van der Waals surface area contributed by atoms with E-state index in [2.05, 4.69) is 27.9 Å². The highest BCUT2D eigenvalue weighted by Crippen LogP contribution is 2.24. The summed E-state index contributed by atoms with van der Waals surface area (Å²) in [4.78, 5) is 27.1. The second-order valence-electron chi connectivity index (χ2n) is 5.85. The van der Waals surface area contributed by atoms with E-state index in [9.17, 15) is 9.59 Å². The van der Waals surface area contributed by atoms with Crippen molar-refractivity contribution in [3.63, 3.8) is 0 Å². The summed E-state index contributed by atoms with van der Waals surface area (Å²) in [6.07, 6.45) is 2.06. The van der Waals surface area contributed by atoms with Crippen molar-refractivity contribution in [2.75, 3.05) is 25.5 Å². The van der Waals surface area contributed by atoms with Crippen molar-refractivity contribution in [2.24, 2.45) is 0 Å². The molecule has 1 aliphatic heterocycles. The summed E-state index contributed by atoms with van der Waals surface area (Å²) in [6, 6.07) is 12.4. The Morgan fingerprint density at radius 1 is 1.12 bits per heavy atom. The van der Waals surface area contributed by atoms with Gasteiger partial charge in [0.15, 0.2) is 0 Å². The van der Waals surface area contributed by atoms with Crippen LogP contribution in [0.3, 0.4) is 0 Å². The van der Waals surface area contributed by atoms with Gasteiger partial charge in [-0.25, -0.2) is 0 Å². The van der Waals surface area contributed by atoms with Crippen molar-refractivity contribution < 1.29 is 14.3 Å². The SMILES string of the molecule is COc1ccc(C(=O)Nc2ccccc2C(=O)N2CCCC2)cc1I. The summed E-state index contributed by atoms with van der Waals surface area (Å²) in [5.41, 5.74) is 1.59. The molecule has 130 valence electrons. The van der Waals surface area contributed by atoms with Gasteiger partial charge < -0.3 is 15.0 Å². The van der Waals surface area contributed by atoms with Crippen LogP contribution < -0.4 is 10.1 Å². The number of halogens is 1. The molecular formula is C19H19IN2O3. The highest BCUT2D eigenvalue weighted by Gasteiger charge is 2.22. The second kappa shape index (κ2) is 7.86. The van der Waals surface area contributed by atoms with Crippen LogP contribution in [0.5, 0.6) is 5.75 Å². The van der Waals surface area contributed by atoms with Crippen LogP contribution in [0.1, 0.15) is 33.6 Å². The van der Waals surface area contributed by atoms with Gasteiger partial charge in [-0.3, -0.25) is 9.59 Å². The third-order valence-corrected chi connectivity index (χ3v) is 5.06. The van der Waals surface area contributed by atoms with E-state index in [0.29, 0.717) is 16.8 Å². The lowest BCUT2D eigenvalue weighted by Gasteiger charge is -2.18. The van der Waals surface area contributed by atoms with Crippen molar-refractivity contribution in [3.8, 4) is 5.75 Å². The topological polar surface area (TPSA) is 58.6 Å². The van der Waals surface area contributed by atoms with Gasteiger partial charge in [0.2, 0.25) is 0 Å². The third kappa shape index (κ3) is 3.95. The zero-order valence-electron chi connectivity index (χ0n) is 13.9. The van der Waals surface area contributed by atoms with Crippen LogP contribution >= 0.6 is 22.6 Å². The minimum atomic E-state index is -0.248. The van der Waals surface area contributed by atoms with Gasteiger partial charge >= 0.3 is 0 Å². The molecule has 0 unspecified atom stereocenters. The van der Waals surface area contributed by atoms with Crippen molar-refractivity contribution >= 4 is 40.1 Å². The van der Waals surface area contributed by atoms with Gasteiger partial charge in [-0.05, 0) is 65.8 Å². The van der Waals surface area contributed by atoms with Crippen molar-refractivity contribution in [3.05, 3.63) is 57.2 Å². The van der Waals surface area contributed by atoms with Gasteiger partial charge in [-0.1, -0.05) is 12.1 Å². The molecule has 2 aromatic rings. The molecule has 0 spiro atoms. The summed E-state index contributed by atoms with van der Waals surface area (Å²) < 4.78 is 6.07. The zero-order chi connectivity index (χ0) is 17.8. The monoisotopic (exact) mass is 450 g/mol. The largest absolute Gasteiger partial charge is 0.496 e. The Morgan fingerprint density at radius 3 is 2.52 bits per heavy atom. The average molecular weight is 450 g/mol. The van der Waals surface area contributed by atoms with Gasteiger partial charge in [0, 0.05) is 18.7 Å². The fourth-order valence-electron chi connectivity index (χ4n) is 2.87. The molecule has 1 fully saturated rings. The fraction of sp³-hybridized carbons (Fsp3) is 0.263. The predicted octanol–water partition coefficient (Wildman–Crippen LogP) is 3.79. The first-order valence-corrected chi connectivity index (χ1v) is 9.21. The first-order chi connectivity index (χ1) is 12.1. The Bertz CT molecular complexity index is 801. The number of para-hydroxylation sites is 1. The minimum Gasteiger partial charge on any atom is -0.496 e. The lowest BCUT2D eigenvalue weighted by atomic mass is 10.1. The highest BCUT2D eigenvalue weighted by atomic mass is 127. The van der Waals surface area contributed by atoms with Crippen molar-refractivity contribution in [1.29, 1.82) is 0 Å². The molecule has 3 rings (SSSR count). The van der Waals surface area contributed by atoms with Gasteiger partial charge in [-0.2, -0.15) is 0 Å². The molecule has 2 amide bonds. The normalized spacial score (nSPS) is 13.6. The molecule has 1 saturated heterocycles. The number of nitrogens with one attached hydrogen (secondary N) is 1. The molecule has 1 N–H and O–H groups in total. The molecule has 2 aromatic carbocycles. The molecule has 0 radical (unpaired) electrons. The molecule has 5 nitrogen and oxygen atoms in total. The number of likely N-dealkylation sites (tertiary alicyclic amines) is 1. The van der Waals surface area contributed by atoms with E-state index in [0.717, 1.165) is 35.3 Å². The van der Waals surface area contributed by atoms with Crippen LogP contribution in [0.4, 0.5) is 5.69 Å². The van der Waals surface area contributed by atoms with Crippen molar-refractivity contribution in [1.82, 2.24) is 4.90 Å².